The van der Waals surface area contributed by atoms with Gasteiger partial charge in [0.25, 0.3) is 5.91 Å². The smallest absolute Gasteiger partial charge is 0.255 e. The Hall–Kier alpha value is -2.30. The third-order valence-electron chi connectivity index (χ3n) is 5.37. The minimum absolute atomic E-state index is 0.0720. The Bertz CT molecular complexity index is 1020. The summed E-state index contributed by atoms with van der Waals surface area (Å²) in [6.07, 6.45) is 6.08. The monoisotopic (exact) mass is 427 g/mol. The molecule has 2 aromatic carbocycles. The number of halogens is 2. The lowest BCUT2D eigenvalue weighted by Gasteiger charge is -2.25. The highest BCUT2D eigenvalue weighted by Gasteiger charge is 2.23. The number of carbonyl (C=O) groups is 1. The number of rotatable bonds is 5. The molecule has 0 bridgehead atoms. The minimum Gasteiger partial charge on any atom is -0.349 e. The summed E-state index contributed by atoms with van der Waals surface area (Å²) >= 11 is 12.3. The van der Waals surface area contributed by atoms with E-state index in [1.54, 1.807) is 29.1 Å². The van der Waals surface area contributed by atoms with Crippen molar-refractivity contribution in [3.63, 3.8) is 0 Å². The summed E-state index contributed by atoms with van der Waals surface area (Å²) in [5, 5.41) is 8.77. The topological polar surface area (TPSA) is 46.9 Å². The Morgan fingerprint density at radius 3 is 2.62 bits per heavy atom. The molecule has 0 unspecified atom stereocenters. The van der Waals surface area contributed by atoms with E-state index in [4.69, 9.17) is 23.2 Å². The van der Waals surface area contributed by atoms with Crippen LogP contribution in [0.4, 0.5) is 0 Å². The molecule has 0 saturated heterocycles. The summed E-state index contributed by atoms with van der Waals surface area (Å²) in [6, 6.07) is 13.9. The van der Waals surface area contributed by atoms with Gasteiger partial charge in [-0.2, -0.15) is 5.10 Å². The average Bonchev–Trinajstić information content (AvgIpc) is 3.11. The van der Waals surface area contributed by atoms with Crippen molar-refractivity contribution in [3.8, 4) is 5.69 Å². The number of carbonyl (C=O) groups excluding carboxylic acids is 1. The van der Waals surface area contributed by atoms with Crippen LogP contribution in [0.15, 0.2) is 48.7 Å². The summed E-state index contributed by atoms with van der Waals surface area (Å²) in [7, 11) is 0. The molecule has 3 aromatic rings. The normalized spacial score (nSPS) is 15.8. The largest absolute Gasteiger partial charge is 0.349 e. The highest BCUT2D eigenvalue weighted by atomic mass is 35.5. The maximum Gasteiger partial charge on any atom is 0.255 e. The summed E-state index contributed by atoms with van der Waals surface area (Å²) in [5.41, 5.74) is 4.95. The maximum atomic E-state index is 13.1. The van der Waals surface area contributed by atoms with Crippen LogP contribution in [0, 0.1) is 0 Å². The van der Waals surface area contributed by atoms with Gasteiger partial charge in [0, 0.05) is 16.1 Å². The van der Waals surface area contributed by atoms with E-state index in [1.165, 1.54) is 11.1 Å². The molecule has 0 saturated carbocycles. The van der Waals surface area contributed by atoms with E-state index in [2.05, 4.69) is 41.6 Å². The van der Waals surface area contributed by atoms with Gasteiger partial charge in [0.15, 0.2) is 0 Å². The number of hydrogen-bond donors (Lipinski definition) is 1. The second-order valence-electron chi connectivity index (χ2n) is 7.48. The van der Waals surface area contributed by atoms with Crippen LogP contribution in [-0.4, -0.2) is 21.7 Å². The molecule has 150 valence electrons. The number of benzene rings is 2. The van der Waals surface area contributed by atoms with Gasteiger partial charge in [0.2, 0.25) is 0 Å². The van der Waals surface area contributed by atoms with Crippen LogP contribution >= 0.6 is 23.2 Å². The summed E-state index contributed by atoms with van der Waals surface area (Å²) in [5.74, 6) is -0.0720. The van der Waals surface area contributed by atoms with Crippen molar-refractivity contribution < 1.29 is 4.79 Å². The molecule has 6 heteroatoms. The summed E-state index contributed by atoms with van der Waals surface area (Å²) < 4.78 is 1.77. The van der Waals surface area contributed by atoms with E-state index >= 15 is 0 Å². The van der Waals surface area contributed by atoms with Gasteiger partial charge in [0.1, 0.15) is 0 Å². The van der Waals surface area contributed by atoms with Crippen molar-refractivity contribution in [3.05, 3.63) is 81.1 Å². The SMILES string of the molecule is CCCc1c(C(=O)N[C@@H]2CCc3ccccc3C2)cnn1-c1cc(Cl)cc(Cl)c1. The zero-order valence-corrected chi connectivity index (χ0v) is 17.8. The van der Waals surface area contributed by atoms with Crippen molar-refractivity contribution in [1.29, 1.82) is 0 Å². The van der Waals surface area contributed by atoms with Gasteiger partial charge >= 0.3 is 0 Å². The van der Waals surface area contributed by atoms with Crippen LogP contribution in [0.25, 0.3) is 5.69 Å². The van der Waals surface area contributed by atoms with Crippen LogP contribution in [0.3, 0.4) is 0 Å². The van der Waals surface area contributed by atoms with E-state index in [9.17, 15) is 4.79 Å². The molecule has 0 aliphatic heterocycles. The molecular formula is C23H23Cl2N3O. The van der Waals surface area contributed by atoms with Gasteiger partial charge in [-0.1, -0.05) is 60.8 Å². The highest BCUT2D eigenvalue weighted by Crippen LogP contribution is 2.25. The van der Waals surface area contributed by atoms with E-state index in [0.29, 0.717) is 15.6 Å². The molecule has 1 heterocycles. The predicted molar refractivity (Wildman–Crippen MR) is 117 cm³/mol. The van der Waals surface area contributed by atoms with Gasteiger partial charge in [0.05, 0.1) is 23.1 Å². The standard InChI is InChI=1S/C23H23Cl2N3O/c1-2-5-22-21(14-26-28(22)20-12-17(24)11-18(25)13-20)23(29)27-19-9-8-15-6-3-4-7-16(15)10-19/h3-4,6-7,11-14,19H,2,5,8-10H2,1H3,(H,27,29)/t19-/m1/s1. The predicted octanol–water partition coefficient (Wildman–Crippen LogP) is 5.42. The van der Waals surface area contributed by atoms with Crippen molar-refractivity contribution in [2.24, 2.45) is 0 Å². The van der Waals surface area contributed by atoms with Crippen LogP contribution in [0.1, 0.15) is 46.9 Å². The molecule has 1 atom stereocenters. The first-order valence-corrected chi connectivity index (χ1v) is 10.7. The van der Waals surface area contributed by atoms with Gasteiger partial charge in [-0.05, 0) is 55.0 Å². The number of nitrogens with zero attached hydrogens (tertiary/aromatic N) is 2. The molecule has 1 N–H and O–H groups in total. The Balaban J connectivity index is 1.58. The fourth-order valence-electron chi connectivity index (χ4n) is 4.01. The summed E-state index contributed by atoms with van der Waals surface area (Å²) in [4.78, 5) is 13.1. The second kappa shape index (κ2) is 8.60. The average molecular weight is 428 g/mol. The molecule has 1 amide bonds. The van der Waals surface area contributed by atoms with E-state index in [-0.39, 0.29) is 11.9 Å². The lowest BCUT2D eigenvalue weighted by Crippen LogP contribution is -2.39. The summed E-state index contributed by atoms with van der Waals surface area (Å²) in [6.45, 7) is 2.09. The first kappa shape index (κ1) is 20.0. The van der Waals surface area contributed by atoms with E-state index in [0.717, 1.165) is 43.5 Å². The number of aryl methyl sites for hydroxylation is 1. The third kappa shape index (κ3) is 4.34. The van der Waals surface area contributed by atoms with Crippen molar-refractivity contribution in [2.45, 2.75) is 45.1 Å². The number of aromatic nitrogens is 2. The third-order valence-corrected chi connectivity index (χ3v) is 5.81. The molecule has 1 aliphatic rings. The molecular weight excluding hydrogens is 405 g/mol. The number of nitrogens with one attached hydrogen (secondary N) is 1. The Labute approximate surface area is 180 Å². The quantitative estimate of drug-likeness (QED) is 0.590. The fraction of sp³-hybridized carbons (Fsp3) is 0.304. The van der Waals surface area contributed by atoms with Crippen LogP contribution in [-0.2, 0) is 19.3 Å². The number of amides is 1. The molecule has 1 aromatic heterocycles. The number of fused-ring (bicyclic) bond motifs is 1. The first-order chi connectivity index (χ1) is 14.0. The highest BCUT2D eigenvalue weighted by molar-refractivity contribution is 6.34. The molecule has 0 fully saturated rings. The van der Waals surface area contributed by atoms with Gasteiger partial charge in [-0.15, -0.1) is 0 Å². The minimum atomic E-state index is -0.0720. The molecule has 0 spiro atoms. The zero-order chi connectivity index (χ0) is 20.4. The van der Waals surface area contributed by atoms with Crippen molar-refractivity contribution in [2.75, 3.05) is 0 Å². The van der Waals surface area contributed by atoms with E-state index in [1.807, 2.05) is 0 Å². The zero-order valence-electron chi connectivity index (χ0n) is 16.3. The number of hydrogen-bond acceptors (Lipinski definition) is 2. The Morgan fingerprint density at radius 1 is 1.17 bits per heavy atom. The van der Waals surface area contributed by atoms with Gasteiger partial charge < -0.3 is 5.32 Å². The first-order valence-electron chi connectivity index (χ1n) is 9.96. The fourth-order valence-corrected chi connectivity index (χ4v) is 4.52. The lowest BCUT2D eigenvalue weighted by molar-refractivity contribution is 0.0932. The van der Waals surface area contributed by atoms with Crippen LogP contribution < -0.4 is 5.32 Å². The lowest BCUT2D eigenvalue weighted by atomic mass is 9.88. The molecule has 29 heavy (non-hydrogen) atoms. The van der Waals surface area contributed by atoms with Crippen LogP contribution in [0.2, 0.25) is 10.0 Å². The molecule has 4 rings (SSSR count). The second-order valence-corrected chi connectivity index (χ2v) is 8.35. The molecule has 4 nitrogen and oxygen atoms in total. The Kier molecular flexibility index (Phi) is 5.93. The maximum absolute atomic E-state index is 13.1. The molecule has 0 radical (unpaired) electrons. The molecule has 1 aliphatic carbocycles. The van der Waals surface area contributed by atoms with Crippen LogP contribution in [0.5, 0.6) is 0 Å². The van der Waals surface area contributed by atoms with Gasteiger partial charge in [-0.3, -0.25) is 4.79 Å². The van der Waals surface area contributed by atoms with E-state index < -0.39 is 0 Å². The van der Waals surface area contributed by atoms with Gasteiger partial charge in [-0.25, -0.2) is 4.68 Å². The van der Waals surface area contributed by atoms with Crippen molar-refractivity contribution in [1.82, 2.24) is 15.1 Å². The van der Waals surface area contributed by atoms with Crippen molar-refractivity contribution >= 4 is 29.1 Å². The Morgan fingerprint density at radius 2 is 1.90 bits per heavy atom.